The van der Waals surface area contributed by atoms with E-state index >= 15 is 0 Å². The van der Waals surface area contributed by atoms with E-state index in [2.05, 4.69) is 0 Å². The molecule has 0 saturated carbocycles. The maximum atomic E-state index is 12.1. The van der Waals surface area contributed by atoms with Crippen molar-refractivity contribution in [3.05, 3.63) is 68.2 Å². The quantitative estimate of drug-likeness (QED) is 0.499. The number of nitrogens with two attached hydrogens (primary N) is 1. The van der Waals surface area contributed by atoms with E-state index in [-0.39, 0.29) is 21.6 Å². The zero-order valence-corrected chi connectivity index (χ0v) is 14.4. The molecular weight excluding hydrogens is 415 g/mol. The molecule has 0 bridgehead atoms. The van der Waals surface area contributed by atoms with Crippen LogP contribution in [0.5, 0.6) is 0 Å². The molecule has 0 radical (unpaired) electrons. The van der Waals surface area contributed by atoms with Gasteiger partial charge in [0.1, 0.15) is 0 Å². The Morgan fingerprint density at radius 3 is 1.48 bits per heavy atom. The molecule has 2 rings (SSSR count). The Balaban J connectivity index is 0.000000251. The van der Waals surface area contributed by atoms with Crippen LogP contribution in [0.4, 0.5) is 26.3 Å². The van der Waals surface area contributed by atoms with Gasteiger partial charge in [0.2, 0.25) is 0 Å². The molecule has 0 aliphatic carbocycles. The first kappa shape index (κ1) is 21.9. The fourth-order valence-corrected chi connectivity index (χ4v) is 2.12. The molecule has 1 nitrogen and oxygen atoms in total. The Kier molecular flexibility index (Phi) is 7.43. The highest BCUT2D eigenvalue weighted by Crippen LogP contribution is 2.33. The van der Waals surface area contributed by atoms with Crippen LogP contribution in [0.2, 0.25) is 15.1 Å². The van der Waals surface area contributed by atoms with Crippen molar-refractivity contribution in [2.24, 2.45) is 5.73 Å². The van der Waals surface area contributed by atoms with Crippen LogP contribution >= 0.6 is 34.8 Å². The summed E-state index contributed by atoms with van der Waals surface area (Å²) < 4.78 is 72.3. The highest BCUT2D eigenvalue weighted by Gasteiger charge is 2.31. The van der Waals surface area contributed by atoms with Gasteiger partial charge in [-0.2, -0.15) is 26.3 Å². The summed E-state index contributed by atoms with van der Waals surface area (Å²) in [5.74, 6) is 0. The van der Waals surface area contributed by atoms with Crippen LogP contribution in [0.15, 0.2) is 36.4 Å². The first-order chi connectivity index (χ1) is 11.4. The molecule has 138 valence electrons. The molecule has 0 heterocycles. The van der Waals surface area contributed by atoms with Crippen LogP contribution in [0.3, 0.4) is 0 Å². The predicted octanol–water partition coefficient (Wildman–Crippen LogP) is 6.83. The van der Waals surface area contributed by atoms with Gasteiger partial charge in [-0.15, -0.1) is 0 Å². The lowest BCUT2D eigenvalue weighted by atomic mass is 10.1. The Labute approximate surface area is 154 Å². The van der Waals surface area contributed by atoms with Crippen molar-refractivity contribution in [3.63, 3.8) is 0 Å². The lowest BCUT2D eigenvalue weighted by molar-refractivity contribution is -0.138. The topological polar surface area (TPSA) is 26.0 Å². The number of alkyl halides is 6. The summed E-state index contributed by atoms with van der Waals surface area (Å²) in [5.41, 5.74) is 4.20. The van der Waals surface area contributed by atoms with Gasteiger partial charge in [-0.1, -0.05) is 40.9 Å². The van der Waals surface area contributed by atoms with Crippen molar-refractivity contribution in [2.45, 2.75) is 18.9 Å². The van der Waals surface area contributed by atoms with Crippen molar-refractivity contribution in [1.82, 2.24) is 0 Å². The van der Waals surface area contributed by atoms with Crippen LogP contribution in [-0.4, -0.2) is 0 Å². The highest BCUT2D eigenvalue weighted by atomic mass is 35.5. The summed E-state index contributed by atoms with van der Waals surface area (Å²) in [4.78, 5) is 0. The smallest absolute Gasteiger partial charge is 0.326 e. The Morgan fingerprint density at radius 2 is 1.12 bits per heavy atom. The molecule has 2 aromatic rings. The zero-order chi connectivity index (χ0) is 19.4. The predicted molar refractivity (Wildman–Crippen MR) is 85.8 cm³/mol. The summed E-state index contributed by atoms with van der Waals surface area (Å²) in [6, 6.07) is 5.92. The first-order valence-electron chi connectivity index (χ1n) is 6.44. The van der Waals surface area contributed by atoms with E-state index in [4.69, 9.17) is 40.5 Å². The van der Waals surface area contributed by atoms with Gasteiger partial charge in [-0.25, -0.2) is 0 Å². The molecule has 0 aliphatic heterocycles. The molecule has 0 amide bonds. The summed E-state index contributed by atoms with van der Waals surface area (Å²) in [6.45, 7) is 0.136. The third-order valence-corrected chi connectivity index (χ3v) is 3.94. The summed E-state index contributed by atoms with van der Waals surface area (Å²) in [5, 5.41) is 0.0773. The summed E-state index contributed by atoms with van der Waals surface area (Å²) >= 11 is 16.4. The normalized spacial score (nSPS) is 11.8. The maximum absolute atomic E-state index is 12.1. The molecule has 0 aliphatic rings. The van der Waals surface area contributed by atoms with E-state index in [9.17, 15) is 26.3 Å². The molecule has 0 saturated heterocycles. The van der Waals surface area contributed by atoms with Crippen LogP contribution < -0.4 is 5.73 Å². The van der Waals surface area contributed by atoms with Crippen molar-refractivity contribution in [3.8, 4) is 0 Å². The van der Waals surface area contributed by atoms with Crippen LogP contribution in [-0.2, 0) is 18.9 Å². The molecule has 25 heavy (non-hydrogen) atoms. The minimum atomic E-state index is -4.37. The van der Waals surface area contributed by atoms with Crippen molar-refractivity contribution < 1.29 is 26.3 Å². The monoisotopic (exact) mass is 423 g/mol. The minimum Gasteiger partial charge on any atom is -0.326 e. The lowest BCUT2D eigenvalue weighted by Gasteiger charge is -2.08. The SMILES string of the molecule is FC(F)(F)c1ccc(Cl)c(Cl)c1.NCc1ccc(C(F)(F)F)cc1Cl. The van der Waals surface area contributed by atoms with E-state index in [1.807, 2.05) is 0 Å². The second-order valence-corrected chi connectivity index (χ2v) is 5.86. The van der Waals surface area contributed by atoms with Gasteiger partial charge in [0.25, 0.3) is 0 Å². The molecular formula is C15H10Cl3F6N. The fraction of sp³-hybridized carbons (Fsp3) is 0.200. The van der Waals surface area contributed by atoms with Gasteiger partial charge in [0.15, 0.2) is 0 Å². The second kappa shape index (κ2) is 8.49. The largest absolute Gasteiger partial charge is 0.416 e. The van der Waals surface area contributed by atoms with Crippen molar-refractivity contribution >= 4 is 34.8 Å². The van der Waals surface area contributed by atoms with Crippen LogP contribution in [0.25, 0.3) is 0 Å². The third kappa shape index (κ3) is 6.58. The second-order valence-electron chi connectivity index (χ2n) is 4.63. The molecule has 0 unspecified atom stereocenters. The van der Waals surface area contributed by atoms with E-state index in [1.54, 1.807) is 0 Å². The average Bonchev–Trinajstić information content (AvgIpc) is 2.48. The molecule has 0 atom stereocenters. The summed E-state index contributed by atoms with van der Waals surface area (Å²) in [7, 11) is 0. The third-order valence-electron chi connectivity index (χ3n) is 2.85. The number of hydrogen-bond donors (Lipinski definition) is 1. The van der Waals surface area contributed by atoms with Crippen LogP contribution in [0, 0.1) is 0 Å². The number of halogens is 9. The van der Waals surface area contributed by atoms with Gasteiger partial charge >= 0.3 is 12.4 Å². The fourth-order valence-electron chi connectivity index (χ4n) is 1.56. The Bertz CT molecular complexity index is 728. The first-order valence-corrected chi connectivity index (χ1v) is 7.57. The maximum Gasteiger partial charge on any atom is 0.416 e. The van der Waals surface area contributed by atoms with Crippen molar-refractivity contribution in [2.75, 3.05) is 0 Å². The van der Waals surface area contributed by atoms with Gasteiger partial charge in [-0.05, 0) is 35.9 Å². The van der Waals surface area contributed by atoms with E-state index < -0.39 is 23.5 Å². The number of rotatable bonds is 1. The van der Waals surface area contributed by atoms with E-state index in [0.29, 0.717) is 5.56 Å². The van der Waals surface area contributed by atoms with Gasteiger partial charge in [-0.3, -0.25) is 0 Å². The molecule has 10 heteroatoms. The molecule has 0 spiro atoms. The lowest BCUT2D eigenvalue weighted by Crippen LogP contribution is -2.06. The van der Waals surface area contributed by atoms with Gasteiger partial charge in [0.05, 0.1) is 21.2 Å². The van der Waals surface area contributed by atoms with Gasteiger partial charge in [0, 0.05) is 11.6 Å². The molecule has 0 aromatic heterocycles. The molecule has 0 fully saturated rings. The zero-order valence-electron chi connectivity index (χ0n) is 12.2. The summed E-state index contributed by atoms with van der Waals surface area (Å²) in [6.07, 6.45) is -8.72. The van der Waals surface area contributed by atoms with Gasteiger partial charge < -0.3 is 5.73 Å². The van der Waals surface area contributed by atoms with Crippen LogP contribution in [0.1, 0.15) is 16.7 Å². The molecule has 2 N–H and O–H groups in total. The Hall–Kier alpha value is -1.15. The Morgan fingerprint density at radius 1 is 0.680 bits per heavy atom. The minimum absolute atomic E-state index is 0.0531. The highest BCUT2D eigenvalue weighted by molar-refractivity contribution is 6.42. The average molecular weight is 425 g/mol. The number of hydrogen-bond acceptors (Lipinski definition) is 1. The standard InChI is InChI=1S/C8H7ClF3N.C7H3Cl2F3/c9-7-3-6(8(10,11)12)2-1-5(7)4-13;8-5-2-1-4(3-6(5)9)7(10,11)12/h1-3H,4,13H2;1-3H. The van der Waals surface area contributed by atoms with E-state index in [0.717, 1.165) is 30.3 Å². The number of benzene rings is 2. The molecule has 2 aromatic carbocycles. The van der Waals surface area contributed by atoms with E-state index in [1.165, 1.54) is 6.07 Å². The van der Waals surface area contributed by atoms with Crippen molar-refractivity contribution in [1.29, 1.82) is 0 Å².